The van der Waals surface area contributed by atoms with Crippen LogP contribution in [0.15, 0.2) is 36.2 Å². The largest absolute Gasteiger partial charge is 0.496 e. The fourth-order valence-electron chi connectivity index (χ4n) is 7.93. The number of nitrogens with zero attached hydrogens (tertiary/aromatic N) is 3. The van der Waals surface area contributed by atoms with Crippen LogP contribution in [-0.2, 0) is 19.1 Å². The van der Waals surface area contributed by atoms with Crippen LogP contribution in [0.2, 0.25) is 0 Å². The average Bonchev–Trinajstić information content (AvgIpc) is 3.55. The number of pyridine rings is 1. The number of thiazole rings is 1. The second kappa shape index (κ2) is 16.5. The summed E-state index contributed by atoms with van der Waals surface area (Å²) >= 11 is 1.47. The third kappa shape index (κ3) is 8.82. The van der Waals surface area contributed by atoms with Crippen molar-refractivity contribution in [1.82, 2.24) is 25.5 Å². The average molecular weight is 805 g/mol. The lowest BCUT2D eigenvalue weighted by Gasteiger charge is -2.35. The molecule has 0 spiro atoms. The van der Waals surface area contributed by atoms with Crippen LogP contribution < -0.4 is 25.4 Å². The monoisotopic (exact) mass is 804 g/mol. The van der Waals surface area contributed by atoms with Crippen LogP contribution >= 0.6 is 11.3 Å². The van der Waals surface area contributed by atoms with E-state index in [4.69, 9.17) is 24.2 Å². The van der Waals surface area contributed by atoms with E-state index in [0.717, 1.165) is 36.4 Å². The number of carboxylic acid groups (broad SMARTS) is 1. The Morgan fingerprint density at radius 1 is 1.05 bits per heavy atom. The van der Waals surface area contributed by atoms with Gasteiger partial charge in [-0.25, -0.2) is 19.6 Å². The number of carbonyl (C=O) groups excluding carboxylic acids is 3. The van der Waals surface area contributed by atoms with E-state index in [0.29, 0.717) is 33.8 Å². The van der Waals surface area contributed by atoms with Gasteiger partial charge in [-0.3, -0.25) is 9.59 Å². The topological polar surface area (TPSA) is 181 Å². The van der Waals surface area contributed by atoms with Crippen molar-refractivity contribution in [3.05, 3.63) is 41.8 Å². The fraction of sp³-hybridized carbons (Fsp3) is 0.571. The predicted molar refractivity (Wildman–Crippen MR) is 219 cm³/mol. The summed E-state index contributed by atoms with van der Waals surface area (Å²) in [7, 11) is 1.62. The van der Waals surface area contributed by atoms with Gasteiger partial charge < -0.3 is 40.2 Å². The van der Waals surface area contributed by atoms with E-state index in [1.165, 1.54) is 22.3 Å². The smallest absolute Gasteiger partial charge is 0.408 e. The SMILES string of the molecule is C=C[C@@H]1C[C@]1(NC(=O)[C@@H]1C[C@@H](Oc2cc(-c3csc(NC(C)C)n3)nc3c(C(C)C)c(OC)ccc23)CN1C(=O)[C@@H](NC(=O)OC1CCCC1)C(C)(C)C)C(=O)O. The predicted octanol–water partition coefficient (Wildman–Crippen LogP) is 6.89. The Balaban J connectivity index is 1.37. The zero-order valence-corrected chi connectivity index (χ0v) is 35.0. The molecule has 57 heavy (non-hydrogen) atoms. The molecule has 3 amide bonds. The van der Waals surface area contributed by atoms with Crippen LogP contribution in [0.25, 0.3) is 22.3 Å². The van der Waals surface area contributed by atoms with Crippen molar-refractivity contribution in [2.45, 2.75) is 129 Å². The maximum Gasteiger partial charge on any atom is 0.408 e. The molecule has 2 aliphatic carbocycles. The van der Waals surface area contributed by atoms with Gasteiger partial charge in [-0.05, 0) is 69.4 Å². The number of ether oxygens (including phenoxy) is 3. The van der Waals surface area contributed by atoms with Gasteiger partial charge in [0.25, 0.3) is 0 Å². The third-order valence-corrected chi connectivity index (χ3v) is 11.8. The minimum atomic E-state index is -1.52. The number of rotatable bonds is 14. The molecule has 3 heterocycles. The fourth-order valence-corrected chi connectivity index (χ4v) is 8.78. The lowest BCUT2D eigenvalue weighted by atomic mass is 9.85. The summed E-state index contributed by atoms with van der Waals surface area (Å²) < 4.78 is 18.3. The van der Waals surface area contributed by atoms with Crippen LogP contribution in [0, 0.1) is 11.3 Å². The number of alkyl carbamates (subject to hydrolysis) is 1. The Hall–Kier alpha value is -4.92. The standard InChI is InChI=1S/C42H56N6O8S/c1-10-24-19-42(24,38(51)52)47-36(49)30-17-26(20-48(30)37(50)35(41(6,7)8)46-40(53)56-25-13-11-12-14-25)55-32-18-28(29-21-57-39(45-29)43-23(4)5)44-34-27(32)15-16-31(54-9)33(34)22(2)3/h10,15-16,18,21-26,30,35H,1,11-14,17,19-20H2,2-9H3,(H,43,45)(H,46,53)(H,47,49)(H,51,52)/t24-,26-,30+,35-,42-/m1/s1. The number of likely N-dealkylation sites (tertiary alicyclic amines) is 1. The third-order valence-electron chi connectivity index (χ3n) is 11.0. The van der Waals surface area contributed by atoms with Gasteiger partial charge in [0.2, 0.25) is 11.8 Å². The number of amides is 3. The molecule has 1 aliphatic heterocycles. The zero-order chi connectivity index (χ0) is 41.4. The molecule has 2 saturated carbocycles. The lowest BCUT2D eigenvalue weighted by Crippen LogP contribution is -2.59. The van der Waals surface area contributed by atoms with Crippen LogP contribution in [0.1, 0.15) is 98.5 Å². The zero-order valence-electron chi connectivity index (χ0n) is 34.1. The van der Waals surface area contributed by atoms with Crippen molar-refractivity contribution in [2.24, 2.45) is 11.3 Å². The van der Waals surface area contributed by atoms with E-state index < -0.39 is 58.9 Å². The van der Waals surface area contributed by atoms with E-state index in [-0.39, 0.29) is 37.5 Å². The molecule has 0 radical (unpaired) electrons. The molecule has 3 fully saturated rings. The van der Waals surface area contributed by atoms with Crippen LogP contribution in [0.5, 0.6) is 11.5 Å². The summed E-state index contributed by atoms with van der Waals surface area (Å²) in [5.41, 5.74) is 0.495. The number of fused-ring (bicyclic) bond motifs is 1. The van der Waals surface area contributed by atoms with Crippen molar-refractivity contribution in [3.8, 4) is 22.9 Å². The number of aromatic nitrogens is 2. The first kappa shape index (κ1) is 41.7. The maximum atomic E-state index is 14.7. The molecule has 0 bridgehead atoms. The molecule has 6 rings (SSSR count). The molecule has 2 aromatic heterocycles. The Morgan fingerprint density at radius 3 is 2.37 bits per heavy atom. The molecule has 3 aliphatic rings. The molecule has 3 aromatic rings. The van der Waals surface area contributed by atoms with Crippen LogP contribution in [0.3, 0.4) is 0 Å². The first-order valence-electron chi connectivity index (χ1n) is 19.8. The van der Waals surface area contributed by atoms with Gasteiger partial charge in [-0.15, -0.1) is 17.9 Å². The quantitative estimate of drug-likeness (QED) is 0.125. The second-order valence-electron chi connectivity index (χ2n) is 17.1. The van der Waals surface area contributed by atoms with Crippen molar-refractivity contribution < 1.29 is 38.5 Å². The Kier molecular flexibility index (Phi) is 12.1. The molecular weight excluding hydrogens is 749 g/mol. The minimum Gasteiger partial charge on any atom is -0.496 e. The first-order chi connectivity index (χ1) is 26.9. The normalized spacial score (nSPS) is 22.7. The Labute approximate surface area is 338 Å². The summed E-state index contributed by atoms with van der Waals surface area (Å²) in [6.45, 7) is 17.4. The van der Waals surface area contributed by atoms with Crippen molar-refractivity contribution in [3.63, 3.8) is 0 Å². The summed E-state index contributed by atoms with van der Waals surface area (Å²) in [5.74, 6) is -1.56. The van der Waals surface area contributed by atoms with Gasteiger partial charge in [-0.1, -0.05) is 40.7 Å². The van der Waals surface area contributed by atoms with Gasteiger partial charge in [0, 0.05) is 40.8 Å². The lowest BCUT2D eigenvalue weighted by molar-refractivity contribution is -0.146. The highest BCUT2D eigenvalue weighted by Gasteiger charge is 2.61. The number of carbonyl (C=O) groups is 4. The van der Waals surface area contributed by atoms with E-state index in [9.17, 15) is 24.3 Å². The number of hydrogen-bond acceptors (Lipinski definition) is 11. The highest BCUT2D eigenvalue weighted by molar-refractivity contribution is 7.14. The molecule has 1 saturated heterocycles. The minimum absolute atomic E-state index is 0.0146. The summed E-state index contributed by atoms with van der Waals surface area (Å²) in [6.07, 6.45) is 3.62. The van der Waals surface area contributed by atoms with Gasteiger partial charge in [-0.2, -0.15) is 0 Å². The van der Waals surface area contributed by atoms with E-state index >= 15 is 0 Å². The van der Waals surface area contributed by atoms with Gasteiger partial charge >= 0.3 is 12.1 Å². The summed E-state index contributed by atoms with van der Waals surface area (Å²) in [5, 5.41) is 22.4. The molecule has 5 atom stereocenters. The highest BCUT2D eigenvalue weighted by atomic mass is 32.1. The Morgan fingerprint density at radius 2 is 1.77 bits per heavy atom. The summed E-state index contributed by atoms with van der Waals surface area (Å²) in [4.78, 5) is 65.8. The first-order valence-corrected chi connectivity index (χ1v) is 20.7. The van der Waals surface area contributed by atoms with Gasteiger partial charge in [0.15, 0.2) is 5.13 Å². The second-order valence-corrected chi connectivity index (χ2v) is 18.0. The van der Waals surface area contributed by atoms with E-state index in [1.807, 2.05) is 58.2 Å². The molecular formula is C42H56N6O8S. The number of benzene rings is 1. The number of aliphatic carboxylic acids is 1. The molecule has 308 valence electrons. The summed E-state index contributed by atoms with van der Waals surface area (Å²) in [6, 6.07) is 3.59. The highest BCUT2D eigenvalue weighted by Crippen LogP contribution is 2.45. The maximum absolute atomic E-state index is 14.7. The van der Waals surface area contributed by atoms with Crippen molar-refractivity contribution >= 4 is 51.2 Å². The van der Waals surface area contributed by atoms with E-state index in [2.05, 4.69) is 36.4 Å². The molecule has 14 nitrogen and oxygen atoms in total. The van der Waals surface area contributed by atoms with Crippen LogP contribution in [-0.4, -0.2) is 93.4 Å². The number of anilines is 1. The number of nitrogens with one attached hydrogen (secondary N) is 3. The molecule has 0 unspecified atom stereocenters. The number of carboxylic acids is 1. The molecule has 4 N–H and O–H groups in total. The Bertz CT molecular complexity index is 2020. The van der Waals surface area contributed by atoms with Gasteiger partial charge in [0.05, 0.1) is 24.9 Å². The molecule has 1 aromatic carbocycles. The number of methoxy groups -OCH3 is 1. The van der Waals surface area contributed by atoms with Crippen molar-refractivity contribution in [1.29, 1.82) is 0 Å². The van der Waals surface area contributed by atoms with Gasteiger partial charge in [0.1, 0.15) is 47.0 Å². The van der Waals surface area contributed by atoms with Crippen LogP contribution in [0.4, 0.5) is 9.93 Å². The van der Waals surface area contributed by atoms with Crippen molar-refractivity contribution in [2.75, 3.05) is 19.0 Å². The number of hydrogen-bond donors (Lipinski definition) is 4. The van der Waals surface area contributed by atoms with E-state index in [1.54, 1.807) is 7.11 Å². The molecule has 15 heteroatoms.